The summed E-state index contributed by atoms with van der Waals surface area (Å²) in [6.07, 6.45) is -4.43. The van der Waals surface area contributed by atoms with Crippen LogP contribution >= 0.6 is 11.3 Å². The van der Waals surface area contributed by atoms with Crippen LogP contribution in [0.1, 0.15) is 26.5 Å². The van der Waals surface area contributed by atoms with Gasteiger partial charge in [0.25, 0.3) is 5.91 Å². The maximum absolute atomic E-state index is 12.0. The Hall–Kier alpha value is -2.09. The second kappa shape index (κ2) is 7.43. The fraction of sp³-hybridized carbons (Fsp3) is 0.412. The number of benzene rings is 1. The van der Waals surface area contributed by atoms with Crippen molar-refractivity contribution in [3.63, 3.8) is 0 Å². The zero-order chi connectivity index (χ0) is 18.7. The lowest BCUT2D eigenvalue weighted by Crippen LogP contribution is -2.36. The molecule has 2 aromatic rings. The first-order valence-corrected chi connectivity index (χ1v) is 8.45. The van der Waals surface area contributed by atoms with Crippen molar-refractivity contribution >= 4 is 17.2 Å². The molecule has 1 N–H and O–H groups in total. The molecule has 0 saturated carbocycles. The van der Waals surface area contributed by atoms with Crippen molar-refractivity contribution in [2.45, 2.75) is 32.4 Å². The molecule has 4 nitrogen and oxygen atoms in total. The molecular weight excluding hydrogens is 353 g/mol. The van der Waals surface area contributed by atoms with Crippen LogP contribution < -0.4 is 10.1 Å². The van der Waals surface area contributed by atoms with E-state index in [2.05, 4.69) is 25.8 Å². The van der Waals surface area contributed by atoms with Crippen LogP contribution in [0.5, 0.6) is 5.75 Å². The van der Waals surface area contributed by atoms with Crippen LogP contribution in [-0.2, 0) is 10.2 Å². The summed E-state index contributed by atoms with van der Waals surface area (Å²) in [5.41, 5.74) is 1.89. The molecule has 2 rings (SSSR count). The number of hydrogen-bond acceptors (Lipinski definition) is 4. The van der Waals surface area contributed by atoms with Crippen LogP contribution in [0.4, 0.5) is 13.2 Å². The van der Waals surface area contributed by atoms with Crippen LogP contribution in [0, 0.1) is 0 Å². The molecule has 0 fully saturated rings. The van der Waals surface area contributed by atoms with Crippen molar-refractivity contribution < 1.29 is 22.7 Å². The van der Waals surface area contributed by atoms with E-state index in [-0.39, 0.29) is 5.41 Å². The molecular formula is C17H19F3N2O2S. The summed E-state index contributed by atoms with van der Waals surface area (Å²) in [6, 6.07) is 6.91. The number of carbonyl (C=O) groups excluding carboxylic acids is 1. The smallest absolute Gasteiger partial charge is 0.405 e. The van der Waals surface area contributed by atoms with E-state index in [4.69, 9.17) is 4.74 Å². The van der Waals surface area contributed by atoms with Gasteiger partial charge in [-0.1, -0.05) is 20.8 Å². The highest BCUT2D eigenvalue weighted by Crippen LogP contribution is 2.30. The molecule has 136 valence electrons. The van der Waals surface area contributed by atoms with Gasteiger partial charge in [-0.25, -0.2) is 4.98 Å². The largest absolute Gasteiger partial charge is 0.484 e. The summed E-state index contributed by atoms with van der Waals surface area (Å²) in [7, 11) is 0. The number of nitrogens with zero attached hydrogens (tertiary/aromatic N) is 1. The Labute approximate surface area is 148 Å². The molecule has 8 heteroatoms. The monoisotopic (exact) mass is 372 g/mol. The maximum Gasteiger partial charge on any atom is 0.405 e. The lowest BCUT2D eigenvalue weighted by Gasteiger charge is -2.14. The van der Waals surface area contributed by atoms with Crippen molar-refractivity contribution in [1.82, 2.24) is 10.3 Å². The molecule has 1 amide bonds. The van der Waals surface area contributed by atoms with Gasteiger partial charge in [0.2, 0.25) is 0 Å². The van der Waals surface area contributed by atoms with Gasteiger partial charge in [0, 0.05) is 16.4 Å². The van der Waals surface area contributed by atoms with Crippen LogP contribution in [-0.4, -0.2) is 30.2 Å². The van der Waals surface area contributed by atoms with Gasteiger partial charge in [-0.2, -0.15) is 13.2 Å². The standard InChI is InChI=1S/C17H19F3N2O2S/c1-16(2,3)13-9-25-15(22-13)11-4-6-12(7-5-11)24-8-14(23)21-10-17(18,19)20/h4-7,9H,8,10H2,1-3H3,(H,21,23). The normalized spacial score (nSPS) is 12.1. The minimum absolute atomic E-state index is 0.0262. The molecule has 1 aromatic heterocycles. The molecule has 1 heterocycles. The molecule has 0 atom stereocenters. The van der Waals surface area contributed by atoms with E-state index in [1.54, 1.807) is 29.6 Å². The molecule has 0 bridgehead atoms. The number of ether oxygens (including phenoxy) is 1. The second-order valence-corrected chi connectivity index (χ2v) is 7.35. The van der Waals surface area contributed by atoms with E-state index in [0.29, 0.717) is 5.75 Å². The zero-order valence-corrected chi connectivity index (χ0v) is 14.9. The average molecular weight is 372 g/mol. The Kier molecular flexibility index (Phi) is 5.72. The Morgan fingerprint density at radius 3 is 2.36 bits per heavy atom. The fourth-order valence-electron chi connectivity index (χ4n) is 1.84. The van der Waals surface area contributed by atoms with E-state index < -0.39 is 25.2 Å². The zero-order valence-electron chi connectivity index (χ0n) is 14.1. The number of aromatic nitrogens is 1. The van der Waals surface area contributed by atoms with Gasteiger partial charge < -0.3 is 10.1 Å². The number of rotatable bonds is 5. The van der Waals surface area contributed by atoms with Crippen LogP contribution in [0.15, 0.2) is 29.6 Å². The molecule has 0 aliphatic carbocycles. The molecule has 0 unspecified atom stereocenters. The Bertz CT molecular complexity index is 719. The number of carbonyl (C=O) groups is 1. The van der Waals surface area contributed by atoms with E-state index in [0.717, 1.165) is 16.3 Å². The topological polar surface area (TPSA) is 51.2 Å². The Balaban J connectivity index is 1.92. The quantitative estimate of drug-likeness (QED) is 0.857. The molecule has 25 heavy (non-hydrogen) atoms. The van der Waals surface area contributed by atoms with E-state index in [1.807, 2.05) is 5.38 Å². The predicted molar refractivity (Wildman–Crippen MR) is 90.8 cm³/mol. The number of halogens is 3. The third-order valence-electron chi connectivity index (χ3n) is 3.23. The van der Waals surface area contributed by atoms with E-state index in [9.17, 15) is 18.0 Å². The average Bonchev–Trinajstić information content (AvgIpc) is 3.01. The van der Waals surface area contributed by atoms with Crippen molar-refractivity contribution in [3.05, 3.63) is 35.3 Å². The van der Waals surface area contributed by atoms with E-state index in [1.165, 1.54) is 11.3 Å². The van der Waals surface area contributed by atoms with Crippen LogP contribution in [0.3, 0.4) is 0 Å². The number of nitrogens with one attached hydrogen (secondary N) is 1. The lowest BCUT2D eigenvalue weighted by molar-refractivity contribution is -0.139. The first-order valence-electron chi connectivity index (χ1n) is 7.57. The summed E-state index contributed by atoms with van der Waals surface area (Å²) in [5, 5.41) is 4.64. The third kappa shape index (κ3) is 6.04. The van der Waals surface area contributed by atoms with Gasteiger partial charge in [-0.05, 0) is 24.3 Å². The summed E-state index contributed by atoms with van der Waals surface area (Å²) < 4.78 is 41.2. The molecule has 0 radical (unpaired) electrons. The molecule has 0 saturated heterocycles. The number of thiazole rings is 1. The number of hydrogen-bond donors (Lipinski definition) is 1. The third-order valence-corrected chi connectivity index (χ3v) is 4.12. The fourth-order valence-corrected chi connectivity index (χ4v) is 2.90. The lowest BCUT2D eigenvalue weighted by atomic mass is 9.93. The van der Waals surface area contributed by atoms with Gasteiger partial charge in [0.15, 0.2) is 6.61 Å². The maximum atomic E-state index is 12.0. The molecule has 0 aliphatic rings. The second-order valence-electron chi connectivity index (χ2n) is 6.49. The van der Waals surface area contributed by atoms with Crippen molar-refractivity contribution in [2.24, 2.45) is 0 Å². The highest BCUT2D eigenvalue weighted by Gasteiger charge is 2.27. The Morgan fingerprint density at radius 1 is 1.20 bits per heavy atom. The van der Waals surface area contributed by atoms with Gasteiger partial charge in [-0.3, -0.25) is 4.79 Å². The summed E-state index contributed by atoms with van der Waals surface area (Å²) in [5.74, 6) is -0.422. The first-order chi connectivity index (χ1) is 11.5. The minimum atomic E-state index is -4.43. The Morgan fingerprint density at radius 2 is 1.84 bits per heavy atom. The van der Waals surface area contributed by atoms with Gasteiger partial charge in [-0.15, -0.1) is 11.3 Å². The minimum Gasteiger partial charge on any atom is -0.484 e. The van der Waals surface area contributed by atoms with Crippen LogP contribution in [0.2, 0.25) is 0 Å². The summed E-state index contributed by atoms with van der Waals surface area (Å²) in [4.78, 5) is 15.9. The van der Waals surface area contributed by atoms with Gasteiger partial charge in [0.05, 0.1) is 5.69 Å². The number of alkyl halides is 3. The first kappa shape index (κ1) is 19.2. The predicted octanol–water partition coefficient (Wildman–Crippen LogP) is 4.16. The van der Waals surface area contributed by atoms with Gasteiger partial charge >= 0.3 is 6.18 Å². The highest BCUT2D eigenvalue weighted by atomic mass is 32.1. The molecule has 0 spiro atoms. The SMILES string of the molecule is CC(C)(C)c1csc(-c2ccc(OCC(=O)NCC(F)(F)F)cc2)n1. The highest BCUT2D eigenvalue weighted by molar-refractivity contribution is 7.13. The van der Waals surface area contributed by atoms with Crippen molar-refractivity contribution in [3.8, 4) is 16.3 Å². The number of amides is 1. The summed E-state index contributed by atoms with van der Waals surface area (Å²) in [6.45, 7) is 4.43. The van der Waals surface area contributed by atoms with E-state index >= 15 is 0 Å². The van der Waals surface area contributed by atoms with Crippen molar-refractivity contribution in [1.29, 1.82) is 0 Å². The molecule has 0 aliphatic heterocycles. The van der Waals surface area contributed by atoms with Crippen LogP contribution in [0.25, 0.3) is 10.6 Å². The van der Waals surface area contributed by atoms with Gasteiger partial charge in [0.1, 0.15) is 17.3 Å². The summed E-state index contributed by atoms with van der Waals surface area (Å²) >= 11 is 1.54. The molecule has 1 aromatic carbocycles. The van der Waals surface area contributed by atoms with Crippen molar-refractivity contribution in [2.75, 3.05) is 13.2 Å².